The van der Waals surface area contributed by atoms with E-state index < -0.39 is 9.84 Å². The highest BCUT2D eigenvalue weighted by molar-refractivity contribution is 7.99. The molecule has 0 radical (unpaired) electrons. The predicted octanol–water partition coefficient (Wildman–Crippen LogP) is 3.19. The van der Waals surface area contributed by atoms with E-state index in [9.17, 15) is 8.42 Å². The van der Waals surface area contributed by atoms with Gasteiger partial charge in [0.05, 0.1) is 16.2 Å². The number of pyridine rings is 1. The van der Waals surface area contributed by atoms with E-state index in [1.165, 1.54) is 0 Å². The number of aromatic nitrogens is 2. The van der Waals surface area contributed by atoms with E-state index in [4.69, 9.17) is 5.73 Å². The van der Waals surface area contributed by atoms with Crippen LogP contribution in [0.2, 0.25) is 0 Å². The van der Waals surface area contributed by atoms with Gasteiger partial charge in [0.2, 0.25) is 0 Å². The first-order chi connectivity index (χ1) is 13.8. The van der Waals surface area contributed by atoms with Gasteiger partial charge in [-0.25, -0.2) is 13.4 Å². The highest BCUT2D eigenvalue weighted by atomic mass is 32.2. The Morgan fingerprint density at radius 1 is 1.34 bits per heavy atom. The molecule has 0 atom stereocenters. The summed E-state index contributed by atoms with van der Waals surface area (Å²) < 4.78 is 24.8. The van der Waals surface area contributed by atoms with Crippen molar-refractivity contribution in [2.24, 2.45) is 5.73 Å². The number of H-pyrrole nitrogens is 1. The van der Waals surface area contributed by atoms with Crippen LogP contribution in [0.25, 0.3) is 34.7 Å². The molecule has 0 spiro atoms. The second kappa shape index (κ2) is 8.47. The van der Waals surface area contributed by atoms with Crippen LogP contribution in [0.5, 0.6) is 0 Å². The molecule has 29 heavy (non-hydrogen) atoms. The molecule has 5 nitrogen and oxygen atoms in total. The summed E-state index contributed by atoms with van der Waals surface area (Å²) in [4.78, 5) is 8.32. The van der Waals surface area contributed by atoms with Gasteiger partial charge in [-0.3, -0.25) is 0 Å². The lowest BCUT2D eigenvalue weighted by Gasteiger charge is -2.09. The average Bonchev–Trinajstić information content (AvgIpc) is 3.05. The number of allylic oxidation sites excluding steroid dienone is 1. The largest absolute Gasteiger partial charge is 0.404 e. The van der Waals surface area contributed by atoms with Crippen LogP contribution < -0.4 is 16.3 Å². The number of nitrogens with two attached hydrogens (primary N) is 1. The normalized spacial score (nSPS) is 13.3. The SMILES string of the molecule is C=c1[nH]c2c(SCC)ncc(-c3cccc(S(=O)(=O)CC)c3)c2/c1=C/C(C)=C\N. The molecule has 7 heteroatoms. The minimum absolute atomic E-state index is 0.0584. The fourth-order valence-electron chi connectivity index (χ4n) is 3.18. The van der Waals surface area contributed by atoms with E-state index in [-0.39, 0.29) is 5.75 Å². The Morgan fingerprint density at radius 2 is 2.10 bits per heavy atom. The number of aromatic amines is 1. The van der Waals surface area contributed by atoms with E-state index in [1.807, 2.05) is 25.3 Å². The molecule has 0 aliphatic heterocycles. The molecule has 0 saturated heterocycles. The molecule has 3 aromatic rings. The van der Waals surface area contributed by atoms with Crippen LogP contribution in [0.15, 0.2) is 52.2 Å². The Kier molecular flexibility index (Phi) is 6.19. The second-order valence-electron chi connectivity index (χ2n) is 6.66. The predicted molar refractivity (Wildman–Crippen MR) is 123 cm³/mol. The molecule has 0 unspecified atom stereocenters. The number of hydrogen-bond acceptors (Lipinski definition) is 5. The minimum Gasteiger partial charge on any atom is -0.404 e. The standard InChI is InChI=1S/C22H25N3O2S2/c1-5-28-22-21-20(18(15(4)25-21)10-14(3)12-23)19(13-24-22)16-8-7-9-17(11-16)29(26,27)6-2/h7-13,25H,4-6,23H2,1-3H3/b14-12-,18-10+. The molecular weight excluding hydrogens is 402 g/mol. The van der Waals surface area contributed by atoms with Gasteiger partial charge in [0.1, 0.15) is 5.03 Å². The highest BCUT2D eigenvalue weighted by Gasteiger charge is 2.16. The molecule has 0 aliphatic carbocycles. The number of sulfone groups is 1. The van der Waals surface area contributed by atoms with Crippen LogP contribution in [0.1, 0.15) is 20.8 Å². The molecule has 0 saturated carbocycles. The molecule has 0 fully saturated rings. The topological polar surface area (TPSA) is 88.8 Å². The van der Waals surface area contributed by atoms with Crippen LogP contribution in [-0.4, -0.2) is 29.9 Å². The van der Waals surface area contributed by atoms with Crippen LogP contribution >= 0.6 is 11.8 Å². The lowest BCUT2D eigenvalue weighted by atomic mass is 10.0. The van der Waals surface area contributed by atoms with Crippen molar-refractivity contribution in [3.8, 4) is 11.1 Å². The van der Waals surface area contributed by atoms with Gasteiger partial charge in [0.15, 0.2) is 9.84 Å². The number of hydrogen-bond donors (Lipinski definition) is 2. The molecule has 2 aromatic heterocycles. The van der Waals surface area contributed by atoms with Crippen molar-refractivity contribution in [3.63, 3.8) is 0 Å². The zero-order valence-electron chi connectivity index (χ0n) is 16.8. The quantitative estimate of drug-likeness (QED) is 0.590. The van der Waals surface area contributed by atoms with Gasteiger partial charge in [-0.2, -0.15) is 0 Å². The van der Waals surface area contributed by atoms with Crippen LogP contribution in [0.4, 0.5) is 0 Å². The molecule has 1 aromatic carbocycles. The van der Waals surface area contributed by atoms with E-state index >= 15 is 0 Å². The molecule has 2 heterocycles. The molecule has 3 N–H and O–H groups in total. The highest BCUT2D eigenvalue weighted by Crippen LogP contribution is 2.31. The summed E-state index contributed by atoms with van der Waals surface area (Å²) in [7, 11) is -3.30. The number of nitrogens with zero attached hydrogens (tertiary/aromatic N) is 1. The third-order valence-electron chi connectivity index (χ3n) is 4.71. The summed E-state index contributed by atoms with van der Waals surface area (Å²) in [6.07, 6.45) is 5.34. The third-order valence-corrected chi connectivity index (χ3v) is 7.32. The second-order valence-corrected chi connectivity index (χ2v) is 10.2. The van der Waals surface area contributed by atoms with Gasteiger partial charge < -0.3 is 10.7 Å². The van der Waals surface area contributed by atoms with E-state index in [2.05, 4.69) is 23.5 Å². The van der Waals surface area contributed by atoms with E-state index in [1.54, 1.807) is 43.1 Å². The Balaban J connectivity index is 2.41. The fourth-order valence-corrected chi connectivity index (χ4v) is 4.81. The van der Waals surface area contributed by atoms with Gasteiger partial charge in [-0.15, -0.1) is 11.8 Å². The van der Waals surface area contributed by atoms with Gasteiger partial charge in [0.25, 0.3) is 0 Å². The zero-order chi connectivity index (χ0) is 21.2. The van der Waals surface area contributed by atoms with Crippen molar-refractivity contribution in [2.45, 2.75) is 30.7 Å². The maximum absolute atomic E-state index is 12.4. The van der Waals surface area contributed by atoms with Crippen molar-refractivity contribution in [1.29, 1.82) is 0 Å². The van der Waals surface area contributed by atoms with Crippen molar-refractivity contribution in [2.75, 3.05) is 11.5 Å². The Bertz CT molecular complexity index is 1310. The number of benzene rings is 1. The van der Waals surface area contributed by atoms with Crippen molar-refractivity contribution in [3.05, 3.63) is 52.8 Å². The summed E-state index contributed by atoms with van der Waals surface area (Å²) in [5, 5.41) is 3.56. The van der Waals surface area contributed by atoms with Gasteiger partial charge in [-0.05, 0) is 48.2 Å². The molecular formula is C22H25N3O2S2. The van der Waals surface area contributed by atoms with E-state index in [0.717, 1.165) is 48.9 Å². The summed E-state index contributed by atoms with van der Waals surface area (Å²) in [6, 6.07) is 7.02. The molecule has 0 bridgehead atoms. The number of thioether (sulfide) groups is 1. The van der Waals surface area contributed by atoms with Gasteiger partial charge in [0, 0.05) is 27.7 Å². The summed E-state index contributed by atoms with van der Waals surface area (Å²) in [5.74, 6) is 0.945. The molecule has 152 valence electrons. The maximum Gasteiger partial charge on any atom is 0.178 e. The first-order valence-electron chi connectivity index (χ1n) is 9.38. The smallest absolute Gasteiger partial charge is 0.178 e. The average molecular weight is 428 g/mol. The lowest BCUT2D eigenvalue weighted by molar-refractivity contribution is 0.597. The van der Waals surface area contributed by atoms with Gasteiger partial charge >= 0.3 is 0 Å². The van der Waals surface area contributed by atoms with Crippen LogP contribution in [-0.2, 0) is 9.84 Å². The first kappa shape index (κ1) is 21.2. The zero-order valence-corrected chi connectivity index (χ0v) is 18.5. The van der Waals surface area contributed by atoms with Crippen LogP contribution in [0.3, 0.4) is 0 Å². The third kappa shape index (κ3) is 4.11. The maximum atomic E-state index is 12.4. The van der Waals surface area contributed by atoms with E-state index in [0.29, 0.717) is 4.90 Å². The summed E-state index contributed by atoms with van der Waals surface area (Å²) >= 11 is 1.65. The number of rotatable bonds is 6. The van der Waals surface area contributed by atoms with Crippen LogP contribution in [0, 0.1) is 0 Å². The van der Waals surface area contributed by atoms with Crippen molar-refractivity contribution < 1.29 is 8.42 Å². The van der Waals surface area contributed by atoms with Crippen molar-refractivity contribution >= 4 is 45.2 Å². The Morgan fingerprint density at radius 3 is 2.76 bits per heavy atom. The Hall–Kier alpha value is -2.51. The molecule has 0 amide bonds. The fraction of sp³-hybridized carbons (Fsp3) is 0.227. The Labute approximate surface area is 175 Å². The minimum atomic E-state index is -3.30. The monoisotopic (exact) mass is 427 g/mol. The number of fused-ring (bicyclic) bond motifs is 1. The number of nitrogens with one attached hydrogen (secondary N) is 1. The molecule has 3 rings (SSSR count). The van der Waals surface area contributed by atoms with Crippen molar-refractivity contribution in [1.82, 2.24) is 9.97 Å². The molecule has 0 aliphatic rings. The lowest BCUT2D eigenvalue weighted by Crippen LogP contribution is -2.21. The van der Waals surface area contributed by atoms with Gasteiger partial charge in [-0.1, -0.05) is 32.6 Å². The summed E-state index contributed by atoms with van der Waals surface area (Å²) in [6.45, 7) is 9.81. The summed E-state index contributed by atoms with van der Waals surface area (Å²) in [5.41, 5.74) is 9.15. The first-order valence-corrected chi connectivity index (χ1v) is 12.0.